The monoisotopic (exact) mass is 297 g/mol. The highest BCUT2D eigenvalue weighted by Crippen LogP contribution is 2.29. The van der Waals surface area contributed by atoms with E-state index in [0.29, 0.717) is 12.8 Å². The summed E-state index contributed by atoms with van der Waals surface area (Å²) >= 11 is 1.66. The first-order chi connectivity index (χ1) is 9.40. The maximum atomic E-state index is 12.3. The lowest BCUT2D eigenvalue weighted by atomic mass is 10.1. The lowest BCUT2D eigenvalue weighted by Crippen LogP contribution is -2.38. The number of carboxylic acids is 1. The lowest BCUT2D eigenvalue weighted by Gasteiger charge is -2.26. The van der Waals surface area contributed by atoms with E-state index < -0.39 is 18.2 Å². The number of amides is 1. The predicted molar refractivity (Wildman–Crippen MR) is 75.8 cm³/mol. The fourth-order valence-corrected chi connectivity index (χ4v) is 3.26. The van der Waals surface area contributed by atoms with Crippen molar-refractivity contribution < 1.29 is 19.4 Å². The molecule has 0 aliphatic carbocycles. The van der Waals surface area contributed by atoms with Crippen molar-refractivity contribution >= 4 is 23.2 Å². The van der Waals surface area contributed by atoms with E-state index in [-0.39, 0.29) is 11.9 Å². The normalized spacial score (nSPS) is 23.6. The van der Waals surface area contributed by atoms with Gasteiger partial charge in [0.25, 0.3) is 5.91 Å². The molecule has 1 aliphatic rings. The number of hydrogen-bond donors (Lipinski definition) is 1. The van der Waals surface area contributed by atoms with Gasteiger partial charge in [-0.15, -0.1) is 11.3 Å². The second-order valence-electron chi connectivity index (χ2n) is 5.10. The summed E-state index contributed by atoms with van der Waals surface area (Å²) in [7, 11) is 1.74. The number of aliphatic carboxylic acids is 1. The van der Waals surface area contributed by atoms with Crippen LogP contribution in [0.5, 0.6) is 0 Å². The summed E-state index contributed by atoms with van der Waals surface area (Å²) in [6.07, 6.45) is -0.621. The minimum absolute atomic E-state index is 0.0336. The van der Waals surface area contributed by atoms with Crippen LogP contribution in [0.4, 0.5) is 0 Å². The van der Waals surface area contributed by atoms with E-state index >= 15 is 0 Å². The predicted octanol–water partition coefficient (Wildman–Crippen LogP) is 2.21. The number of carbonyl (C=O) groups excluding carboxylic acids is 1. The zero-order valence-corrected chi connectivity index (χ0v) is 12.6. The summed E-state index contributed by atoms with van der Waals surface area (Å²) in [5, 5.41) is 8.89. The molecule has 1 aromatic heterocycles. The maximum Gasteiger partial charge on any atom is 0.332 e. The van der Waals surface area contributed by atoms with E-state index in [1.54, 1.807) is 23.3 Å². The summed E-state index contributed by atoms with van der Waals surface area (Å²) in [6, 6.07) is 4.01. The van der Waals surface area contributed by atoms with Crippen LogP contribution in [-0.4, -0.2) is 41.1 Å². The van der Waals surface area contributed by atoms with Crippen molar-refractivity contribution in [3.05, 3.63) is 21.9 Å². The van der Waals surface area contributed by atoms with Gasteiger partial charge in [0.15, 0.2) is 6.10 Å². The van der Waals surface area contributed by atoms with E-state index in [2.05, 4.69) is 0 Å². The first-order valence-corrected chi connectivity index (χ1v) is 7.43. The summed E-state index contributed by atoms with van der Waals surface area (Å²) in [5.41, 5.74) is 0. The van der Waals surface area contributed by atoms with Crippen LogP contribution < -0.4 is 0 Å². The van der Waals surface area contributed by atoms with Gasteiger partial charge in [0, 0.05) is 16.8 Å². The summed E-state index contributed by atoms with van der Waals surface area (Å²) in [4.78, 5) is 27.2. The summed E-state index contributed by atoms with van der Waals surface area (Å²) in [5.74, 6) is -1.14. The van der Waals surface area contributed by atoms with Gasteiger partial charge in [-0.3, -0.25) is 4.79 Å². The smallest absolute Gasteiger partial charge is 0.332 e. The fourth-order valence-electron chi connectivity index (χ4n) is 2.29. The molecule has 0 bridgehead atoms. The second kappa shape index (κ2) is 5.93. The third-order valence-electron chi connectivity index (χ3n) is 3.67. The topological polar surface area (TPSA) is 66.8 Å². The quantitative estimate of drug-likeness (QED) is 0.925. The third kappa shape index (κ3) is 3.02. The van der Waals surface area contributed by atoms with E-state index in [4.69, 9.17) is 9.84 Å². The van der Waals surface area contributed by atoms with E-state index in [1.165, 1.54) is 4.88 Å². The van der Waals surface area contributed by atoms with Crippen LogP contribution in [-0.2, 0) is 14.3 Å². The molecular weight excluding hydrogens is 278 g/mol. The number of aryl methyl sites for hydroxylation is 1. The molecule has 110 valence electrons. The highest BCUT2D eigenvalue weighted by Gasteiger charge is 2.37. The number of carbonyl (C=O) groups is 2. The number of likely N-dealkylation sites (N-methyl/N-ethyl adjacent to an activating group) is 1. The van der Waals surface area contributed by atoms with Crippen molar-refractivity contribution in [2.45, 2.75) is 44.9 Å². The molecule has 5 nitrogen and oxygen atoms in total. The van der Waals surface area contributed by atoms with Crippen molar-refractivity contribution in [3.8, 4) is 0 Å². The van der Waals surface area contributed by atoms with Crippen LogP contribution in [0.1, 0.15) is 35.6 Å². The number of hydrogen-bond acceptors (Lipinski definition) is 4. The molecule has 0 radical (unpaired) electrons. The lowest BCUT2D eigenvalue weighted by molar-refractivity contribution is -0.155. The van der Waals surface area contributed by atoms with E-state index in [9.17, 15) is 9.59 Å². The molecule has 0 saturated carbocycles. The number of carboxylic acid groups (broad SMARTS) is 1. The maximum absolute atomic E-state index is 12.3. The fraction of sp³-hybridized carbons (Fsp3) is 0.571. The van der Waals surface area contributed by atoms with Crippen LogP contribution >= 0.6 is 11.3 Å². The molecule has 20 heavy (non-hydrogen) atoms. The summed E-state index contributed by atoms with van der Waals surface area (Å²) < 4.78 is 5.31. The van der Waals surface area contributed by atoms with Crippen molar-refractivity contribution in [3.63, 3.8) is 0 Å². The first-order valence-electron chi connectivity index (χ1n) is 6.61. The van der Waals surface area contributed by atoms with Crippen LogP contribution in [0, 0.1) is 6.92 Å². The largest absolute Gasteiger partial charge is 0.479 e. The van der Waals surface area contributed by atoms with Gasteiger partial charge in [0.2, 0.25) is 0 Å². The molecule has 2 heterocycles. The minimum Gasteiger partial charge on any atom is -0.479 e. The van der Waals surface area contributed by atoms with Gasteiger partial charge in [-0.05, 0) is 38.8 Å². The zero-order valence-electron chi connectivity index (χ0n) is 11.8. The van der Waals surface area contributed by atoms with Gasteiger partial charge in [-0.2, -0.15) is 0 Å². The van der Waals surface area contributed by atoms with Gasteiger partial charge in [-0.1, -0.05) is 0 Å². The Morgan fingerprint density at radius 3 is 2.55 bits per heavy atom. The van der Waals surface area contributed by atoms with Crippen molar-refractivity contribution in [1.29, 1.82) is 0 Å². The molecular formula is C14H19NO4S. The van der Waals surface area contributed by atoms with Crippen molar-refractivity contribution in [1.82, 2.24) is 4.90 Å². The standard InChI is InChI=1S/C14H19NO4S/c1-8-4-7-12(20-8)9(2)15(3)13(16)10-5-6-11(19-10)14(17)18/h4,7,9-11H,5-6H2,1-3H3,(H,17,18)/t9?,10-,11+/m0/s1. The van der Waals surface area contributed by atoms with Crippen LogP contribution in [0.15, 0.2) is 12.1 Å². The Morgan fingerprint density at radius 1 is 1.40 bits per heavy atom. The summed E-state index contributed by atoms with van der Waals surface area (Å²) in [6.45, 7) is 3.99. The molecule has 1 saturated heterocycles. The Bertz CT molecular complexity index is 513. The van der Waals surface area contributed by atoms with Gasteiger partial charge in [0.05, 0.1) is 6.04 Å². The Morgan fingerprint density at radius 2 is 2.05 bits per heavy atom. The van der Waals surface area contributed by atoms with Gasteiger partial charge < -0.3 is 14.7 Å². The van der Waals surface area contributed by atoms with Gasteiger partial charge >= 0.3 is 5.97 Å². The molecule has 0 aromatic carbocycles. The van der Waals surface area contributed by atoms with Crippen LogP contribution in [0.25, 0.3) is 0 Å². The molecule has 1 N–H and O–H groups in total. The molecule has 6 heteroatoms. The molecule has 1 aliphatic heterocycles. The Kier molecular flexibility index (Phi) is 4.45. The highest BCUT2D eigenvalue weighted by atomic mass is 32.1. The SMILES string of the molecule is Cc1ccc(C(C)N(C)C(=O)[C@@H]2CC[C@H](C(=O)O)O2)s1. The number of thiophene rings is 1. The number of ether oxygens (including phenoxy) is 1. The van der Waals surface area contributed by atoms with Crippen LogP contribution in [0.2, 0.25) is 0 Å². The molecule has 1 fully saturated rings. The number of rotatable bonds is 4. The Labute approximate surface area is 122 Å². The first kappa shape index (κ1) is 15.0. The van der Waals surface area contributed by atoms with E-state index in [0.717, 1.165) is 4.88 Å². The molecule has 1 amide bonds. The van der Waals surface area contributed by atoms with Crippen LogP contribution in [0.3, 0.4) is 0 Å². The minimum atomic E-state index is -0.995. The van der Waals surface area contributed by atoms with Crippen molar-refractivity contribution in [2.75, 3.05) is 7.05 Å². The molecule has 1 aromatic rings. The average molecular weight is 297 g/mol. The van der Waals surface area contributed by atoms with Crippen molar-refractivity contribution in [2.24, 2.45) is 0 Å². The van der Waals surface area contributed by atoms with Gasteiger partial charge in [-0.25, -0.2) is 4.79 Å². The third-order valence-corrected chi connectivity index (χ3v) is 4.84. The molecule has 1 unspecified atom stereocenters. The Balaban J connectivity index is 2.00. The van der Waals surface area contributed by atoms with E-state index in [1.807, 2.05) is 26.0 Å². The average Bonchev–Trinajstić information content (AvgIpc) is 3.04. The number of nitrogens with zero attached hydrogens (tertiary/aromatic N) is 1. The zero-order chi connectivity index (χ0) is 14.9. The second-order valence-corrected chi connectivity index (χ2v) is 6.42. The molecule has 2 rings (SSSR count). The highest BCUT2D eigenvalue weighted by molar-refractivity contribution is 7.12. The molecule has 3 atom stereocenters. The Hall–Kier alpha value is -1.40. The molecule has 0 spiro atoms. The van der Waals surface area contributed by atoms with Gasteiger partial charge in [0.1, 0.15) is 6.10 Å².